The number of benzene rings is 1. The molecule has 0 bridgehead atoms. The zero-order chi connectivity index (χ0) is 15.4. The Hall–Kier alpha value is -1.06. The SMILES string of the molecule is CC(C)Oc1ccc(CN2CCC3(CCOCC3)CC2)cc1. The average Bonchev–Trinajstić information content (AvgIpc) is 2.52. The van der Waals surface area contributed by atoms with Crippen molar-refractivity contribution in [2.75, 3.05) is 26.3 Å². The standard InChI is InChI=1S/C19H29NO2/c1-16(2)22-18-5-3-17(4-6-18)15-20-11-7-19(8-12-20)9-13-21-14-10-19/h3-6,16H,7-15H2,1-2H3. The van der Waals surface area contributed by atoms with Gasteiger partial charge in [-0.25, -0.2) is 0 Å². The molecule has 2 aliphatic rings. The fourth-order valence-corrected chi connectivity index (χ4v) is 3.69. The normalized spacial score (nSPS) is 22.1. The number of ether oxygens (including phenoxy) is 2. The molecule has 2 heterocycles. The second-order valence-corrected chi connectivity index (χ2v) is 7.20. The van der Waals surface area contributed by atoms with E-state index >= 15 is 0 Å². The van der Waals surface area contributed by atoms with Crippen molar-refractivity contribution in [1.82, 2.24) is 4.90 Å². The van der Waals surface area contributed by atoms with E-state index in [1.54, 1.807) is 0 Å². The van der Waals surface area contributed by atoms with Crippen molar-refractivity contribution >= 4 is 0 Å². The Kier molecular flexibility index (Phi) is 5.04. The molecule has 1 spiro atoms. The highest BCUT2D eigenvalue weighted by Crippen LogP contribution is 2.40. The minimum absolute atomic E-state index is 0.239. The number of rotatable bonds is 4. The zero-order valence-corrected chi connectivity index (χ0v) is 14.0. The van der Waals surface area contributed by atoms with E-state index in [0.29, 0.717) is 5.41 Å². The van der Waals surface area contributed by atoms with Gasteiger partial charge in [-0.15, -0.1) is 0 Å². The molecule has 1 aromatic rings. The van der Waals surface area contributed by atoms with E-state index in [9.17, 15) is 0 Å². The predicted octanol–water partition coefficient (Wildman–Crippen LogP) is 3.87. The molecule has 0 aliphatic carbocycles. The lowest BCUT2D eigenvalue weighted by atomic mass is 9.72. The lowest BCUT2D eigenvalue weighted by molar-refractivity contribution is -0.0217. The largest absolute Gasteiger partial charge is 0.491 e. The van der Waals surface area contributed by atoms with Crippen molar-refractivity contribution in [3.8, 4) is 5.75 Å². The third kappa shape index (κ3) is 4.02. The quantitative estimate of drug-likeness (QED) is 0.843. The van der Waals surface area contributed by atoms with Crippen LogP contribution in [0.2, 0.25) is 0 Å². The highest BCUT2D eigenvalue weighted by Gasteiger charge is 2.35. The number of piperidine rings is 1. The van der Waals surface area contributed by atoms with Crippen LogP contribution in [0, 0.1) is 5.41 Å². The van der Waals surface area contributed by atoms with E-state index in [2.05, 4.69) is 43.0 Å². The first-order valence-electron chi connectivity index (χ1n) is 8.71. The number of hydrogen-bond donors (Lipinski definition) is 0. The molecule has 3 rings (SSSR count). The molecule has 0 N–H and O–H groups in total. The Balaban J connectivity index is 1.50. The van der Waals surface area contributed by atoms with Crippen LogP contribution in [0.4, 0.5) is 0 Å². The van der Waals surface area contributed by atoms with Crippen LogP contribution >= 0.6 is 0 Å². The lowest BCUT2D eigenvalue weighted by Crippen LogP contribution is -2.42. The van der Waals surface area contributed by atoms with E-state index in [4.69, 9.17) is 9.47 Å². The van der Waals surface area contributed by atoms with Gasteiger partial charge in [0.05, 0.1) is 6.10 Å². The van der Waals surface area contributed by atoms with E-state index in [1.807, 2.05) is 0 Å². The highest BCUT2D eigenvalue weighted by atomic mass is 16.5. The first-order chi connectivity index (χ1) is 10.7. The van der Waals surface area contributed by atoms with Crippen molar-refractivity contribution in [2.24, 2.45) is 5.41 Å². The van der Waals surface area contributed by atoms with Crippen LogP contribution < -0.4 is 4.74 Å². The van der Waals surface area contributed by atoms with E-state index in [-0.39, 0.29) is 6.10 Å². The summed E-state index contributed by atoms with van der Waals surface area (Å²) in [4.78, 5) is 2.60. The van der Waals surface area contributed by atoms with Crippen LogP contribution in [0.3, 0.4) is 0 Å². The molecule has 1 aromatic carbocycles. The Bertz CT molecular complexity index is 453. The van der Waals surface area contributed by atoms with Gasteiger partial charge in [0.25, 0.3) is 0 Å². The summed E-state index contributed by atoms with van der Waals surface area (Å²) < 4.78 is 11.2. The van der Waals surface area contributed by atoms with Crippen LogP contribution in [0.25, 0.3) is 0 Å². The predicted molar refractivity (Wildman–Crippen MR) is 89.2 cm³/mol. The van der Waals surface area contributed by atoms with E-state index in [1.165, 1.54) is 44.3 Å². The van der Waals surface area contributed by atoms with Crippen LogP contribution in [0.5, 0.6) is 5.75 Å². The fraction of sp³-hybridized carbons (Fsp3) is 0.684. The summed E-state index contributed by atoms with van der Waals surface area (Å²) in [6, 6.07) is 8.60. The first-order valence-corrected chi connectivity index (χ1v) is 8.71. The van der Waals surface area contributed by atoms with Gasteiger partial charge in [0.1, 0.15) is 5.75 Å². The molecular weight excluding hydrogens is 274 g/mol. The van der Waals surface area contributed by atoms with Gasteiger partial charge >= 0.3 is 0 Å². The van der Waals surface area contributed by atoms with Crippen LogP contribution in [0.1, 0.15) is 45.1 Å². The van der Waals surface area contributed by atoms with Crippen molar-refractivity contribution < 1.29 is 9.47 Å². The molecule has 2 saturated heterocycles. The highest BCUT2D eigenvalue weighted by molar-refractivity contribution is 5.27. The van der Waals surface area contributed by atoms with Gasteiger partial charge in [0.2, 0.25) is 0 Å². The monoisotopic (exact) mass is 303 g/mol. The maximum Gasteiger partial charge on any atom is 0.119 e. The first kappa shape index (κ1) is 15.8. The summed E-state index contributed by atoms with van der Waals surface area (Å²) in [6.07, 6.45) is 5.45. The maximum atomic E-state index is 5.71. The molecule has 122 valence electrons. The molecule has 0 aromatic heterocycles. The van der Waals surface area contributed by atoms with Gasteiger partial charge in [-0.2, -0.15) is 0 Å². The van der Waals surface area contributed by atoms with Crippen molar-refractivity contribution in [3.05, 3.63) is 29.8 Å². The van der Waals surface area contributed by atoms with Gasteiger partial charge < -0.3 is 9.47 Å². The molecular formula is C19H29NO2. The van der Waals surface area contributed by atoms with Crippen molar-refractivity contribution in [1.29, 1.82) is 0 Å². The molecule has 0 saturated carbocycles. The maximum absolute atomic E-state index is 5.71. The number of nitrogens with zero attached hydrogens (tertiary/aromatic N) is 1. The van der Waals surface area contributed by atoms with Gasteiger partial charge in [0, 0.05) is 19.8 Å². The third-order valence-corrected chi connectivity index (χ3v) is 5.17. The van der Waals surface area contributed by atoms with Gasteiger partial charge in [0.15, 0.2) is 0 Å². The summed E-state index contributed by atoms with van der Waals surface area (Å²) in [7, 11) is 0. The number of hydrogen-bond acceptors (Lipinski definition) is 3. The van der Waals surface area contributed by atoms with Gasteiger partial charge in [-0.3, -0.25) is 4.90 Å². The molecule has 2 aliphatic heterocycles. The Labute approximate surface area is 134 Å². The molecule has 3 heteroatoms. The minimum Gasteiger partial charge on any atom is -0.491 e. The molecule has 22 heavy (non-hydrogen) atoms. The summed E-state index contributed by atoms with van der Waals surface area (Å²) >= 11 is 0. The average molecular weight is 303 g/mol. The second-order valence-electron chi connectivity index (χ2n) is 7.20. The van der Waals surface area contributed by atoms with Crippen LogP contribution in [-0.2, 0) is 11.3 Å². The summed E-state index contributed by atoms with van der Waals surface area (Å²) in [5, 5.41) is 0. The Morgan fingerprint density at radius 3 is 2.27 bits per heavy atom. The summed E-state index contributed by atoms with van der Waals surface area (Å²) in [6.45, 7) is 9.58. The fourth-order valence-electron chi connectivity index (χ4n) is 3.69. The van der Waals surface area contributed by atoms with E-state index < -0.39 is 0 Å². The third-order valence-electron chi connectivity index (χ3n) is 5.17. The Morgan fingerprint density at radius 2 is 1.68 bits per heavy atom. The van der Waals surface area contributed by atoms with Crippen LogP contribution in [-0.4, -0.2) is 37.3 Å². The smallest absolute Gasteiger partial charge is 0.119 e. The second kappa shape index (κ2) is 7.01. The lowest BCUT2D eigenvalue weighted by Gasteiger charge is -2.44. The summed E-state index contributed by atoms with van der Waals surface area (Å²) in [5.41, 5.74) is 1.98. The Morgan fingerprint density at radius 1 is 1.05 bits per heavy atom. The zero-order valence-electron chi connectivity index (χ0n) is 14.0. The van der Waals surface area contributed by atoms with Crippen LogP contribution in [0.15, 0.2) is 24.3 Å². The molecule has 0 atom stereocenters. The molecule has 0 radical (unpaired) electrons. The topological polar surface area (TPSA) is 21.7 Å². The van der Waals surface area contributed by atoms with Gasteiger partial charge in [-0.05, 0) is 75.7 Å². The number of likely N-dealkylation sites (tertiary alicyclic amines) is 1. The minimum atomic E-state index is 0.239. The van der Waals surface area contributed by atoms with Crippen molar-refractivity contribution in [2.45, 2.75) is 52.2 Å². The van der Waals surface area contributed by atoms with Gasteiger partial charge in [-0.1, -0.05) is 12.1 Å². The molecule has 2 fully saturated rings. The molecule has 0 amide bonds. The summed E-state index contributed by atoms with van der Waals surface area (Å²) in [5.74, 6) is 0.971. The van der Waals surface area contributed by atoms with Crippen molar-refractivity contribution in [3.63, 3.8) is 0 Å². The molecule has 3 nitrogen and oxygen atoms in total. The van der Waals surface area contributed by atoms with E-state index in [0.717, 1.165) is 25.5 Å². The molecule has 0 unspecified atom stereocenters.